The monoisotopic (exact) mass is 472 g/mol. The highest BCUT2D eigenvalue weighted by Crippen LogP contribution is 2.17. The number of halogens is 1. The molecule has 1 heterocycles. The van der Waals surface area contributed by atoms with Crippen LogP contribution in [0.2, 0.25) is 0 Å². The van der Waals surface area contributed by atoms with Gasteiger partial charge in [-0.25, -0.2) is 4.98 Å². The smallest absolute Gasteiger partial charge is 0.191 e. The van der Waals surface area contributed by atoms with Gasteiger partial charge in [0, 0.05) is 31.4 Å². The van der Waals surface area contributed by atoms with Crippen LogP contribution in [0.3, 0.4) is 0 Å². The van der Waals surface area contributed by atoms with Crippen molar-refractivity contribution >= 4 is 41.3 Å². The predicted molar refractivity (Wildman–Crippen MR) is 120 cm³/mol. The van der Waals surface area contributed by atoms with Gasteiger partial charge in [0.15, 0.2) is 5.96 Å². The second kappa shape index (κ2) is 10.8. The molecule has 6 heteroatoms. The first-order chi connectivity index (χ1) is 11.5. The van der Waals surface area contributed by atoms with Gasteiger partial charge in [-0.1, -0.05) is 36.8 Å². The molecule has 0 aliphatic carbocycles. The minimum atomic E-state index is 0. The molecular formula is C19H29IN4S. The summed E-state index contributed by atoms with van der Waals surface area (Å²) in [4.78, 5) is 10.1. The lowest BCUT2D eigenvalue weighted by Crippen LogP contribution is -2.39. The van der Waals surface area contributed by atoms with Crippen molar-refractivity contribution in [3.8, 4) is 0 Å². The van der Waals surface area contributed by atoms with E-state index in [9.17, 15) is 0 Å². The van der Waals surface area contributed by atoms with Gasteiger partial charge in [0.2, 0.25) is 0 Å². The van der Waals surface area contributed by atoms with E-state index in [0.717, 1.165) is 36.2 Å². The summed E-state index contributed by atoms with van der Waals surface area (Å²) in [5.74, 6) is 1.29. The highest BCUT2D eigenvalue weighted by Gasteiger charge is 2.08. The van der Waals surface area contributed by atoms with E-state index in [1.54, 1.807) is 11.3 Å². The normalized spacial score (nSPS) is 12.4. The van der Waals surface area contributed by atoms with Crippen molar-refractivity contribution in [3.05, 3.63) is 51.0 Å². The summed E-state index contributed by atoms with van der Waals surface area (Å²) in [7, 11) is 1.81. The molecule has 1 aromatic heterocycles. The molecule has 2 aromatic rings. The van der Waals surface area contributed by atoms with Gasteiger partial charge in [-0.2, -0.15) is 0 Å². The molecule has 1 unspecified atom stereocenters. The maximum Gasteiger partial charge on any atom is 0.191 e. The number of benzene rings is 1. The van der Waals surface area contributed by atoms with E-state index in [-0.39, 0.29) is 24.0 Å². The molecule has 1 atom stereocenters. The summed E-state index contributed by atoms with van der Waals surface area (Å²) >= 11 is 1.78. The Morgan fingerprint density at radius 2 is 1.84 bits per heavy atom. The minimum Gasteiger partial charge on any atom is -0.356 e. The molecule has 25 heavy (non-hydrogen) atoms. The van der Waals surface area contributed by atoms with Crippen LogP contribution in [0.25, 0.3) is 0 Å². The molecule has 0 spiro atoms. The predicted octanol–water partition coefficient (Wildman–Crippen LogP) is 4.20. The van der Waals surface area contributed by atoms with Crippen LogP contribution in [-0.4, -0.2) is 31.1 Å². The number of aromatic nitrogens is 1. The second-order valence-corrected chi connectivity index (χ2v) is 7.47. The van der Waals surface area contributed by atoms with Gasteiger partial charge in [-0.3, -0.25) is 4.99 Å². The Morgan fingerprint density at radius 3 is 2.40 bits per heavy atom. The van der Waals surface area contributed by atoms with Gasteiger partial charge in [0.25, 0.3) is 0 Å². The van der Waals surface area contributed by atoms with Crippen molar-refractivity contribution < 1.29 is 0 Å². The Kier molecular flexibility index (Phi) is 9.42. The fourth-order valence-corrected chi connectivity index (χ4v) is 3.52. The first kappa shape index (κ1) is 21.9. The fourth-order valence-electron chi connectivity index (χ4n) is 2.58. The number of nitrogens with zero attached hydrogens (tertiary/aromatic N) is 2. The fraction of sp³-hybridized carbons (Fsp3) is 0.474. The average molecular weight is 472 g/mol. The molecule has 0 aliphatic rings. The van der Waals surface area contributed by atoms with Crippen LogP contribution in [0.4, 0.5) is 0 Å². The first-order valence-corrected chi connectivity index (χ1v) is 9.25. The highest BCUT2D eigenvalue weighted by atomic mass is 127. The third-order valence-electron chi connectivity index (χ3n) is 4.09. The number of aliphatic imine (C=N–C) groups is 1. The van der Waals surface area contributed by atoms with E-state index < -0.39 is 0 Å². The Bertz CT molecular complexity index is 679. The summed E-state index contributed by atoms with van der Waals surface area (Å²) in [5.41, 5.74) is 3.79. The molecule has 1 aromatic carbocycles. The van der Waals surface area contributed by atoms with E-state index in [0.29, 0.717) is 5.92 Å². The van der Waals surface area contributed by atoms with Crippen LogP contribution >= 0.6 is 35.3 Å². The van der Waals surface area contributed by atoms with Crippen LogP contribution in [-0.2, 0) is 6.42 Å². The highest BCUT2D eigenvalue weighted by molar-refractivity contribution is 14.0. The van der Waals surface area contributed by atoms with E-state index in [1.807, 2.05) is 7.05 Å². The molecule has 0 saturated carbocycles. The van der Waals surface area contributed by atoms with Crippen molar-refractivity contribution in [2.75, 3.05) is 20.1 Å². The summed E-state index contributed by atoms with van der Waals surface area (Å²) in [6.07, 6.45) is 0.978. The number of thiazole rings is 1. The van der Waals surface area contributed by atoms with Gasteiger partial charge < -0.3 is 10.6 Å². The van der Waals surface area contributed by atoms with E-state index >= 15 is 0 Å². The number of hydrogen-bond acceptors (Lipinski definition) is 3. The Hall–Kier alpha value is -1.15. The van der Waals surface area contributed by atoms with E-state index in [2.05, 4.69) is 72.6 Å². The lowest BCUT2D eigenvalue weighted by Gasteiger charge is -2.16. The van der Waals surface area contributed by atoms with E-state index in [4.69, 9.17) is 0 Å². The third kappa shape index (κ3) is 6.93. The zero-order chi connectivity index (χ0) is 17.5. The molecule has 0 aliphatic heterocycles. The van der Waals surface area contributed by atoms with Gasteiger partial charge >= 0.3 is 0 Å². The molecule has 0 saturated heterocycles. The van der Waals surface area contributed by atoms with Crippen LogP contribution in [0.1, 0.15) is 39.5 Å². The van der Waals surface area contributed by atoms with Crippen molar-refractivity contribution in [2.24, 2.45) is 4.99 Å². The first-order valence-electron chi connectivity index (χ1n) is 8.43. The number of aryl methyl sites for hydroxylation is 3. The maximum atomic E-state index is 4.47. The zero-order valence-corrected chi connectivity index (χ0v) is 18.9. The molecule has 2 rings (SSSR count). The van der Waals surface area contributed by atoms with Crippen molar-refractivity contribution in [3.63, 3.8) is 0 Å². The lowest BCUT2D eigenvalue weighted by atomic mass is 10.0. The molecule has 0 radical (unpaired) electrons. The number of hydrogen-bond donors (Lipinski definition) is 2. The average Bonchev–Trinajstić information content (AvgIpc) is 2.88. The van der Waals surface area contributed by atoms with Gasteiger partial charge in [-0.15, -0.1) is 35.3 Å². The molecule has 0 amide bonds. The minimum absolute atomic E-state index is 0. The largest absolute Gasteiger partial charge is 0.356 e. The Balaban J connectivity index is 0.00000312. The van der Waals surface area contributed by atoms with Crippen molar-refractivity contribution in [2.45, 2.75) is 40.0 Å². The van der Waals surface area contributed by atoms with Gasteiger partial charge in [0.05, 0.1) is 10.7 Å². The lowest BCUT2D eigenvalue weighted by molar-refractivity contribution is 0.698. The Morgan fingerprint density at radius 1 is 1.16 bits per heavy atom. The maximum absolute atomic E-state index is 4.47. The SMILES string of the molecule is CN=C(NCCc1sc(C)nc1C)NCC(C)c1ccc(C)cc1.I. The molecule has 4 nitrogen and oxygen atoms in total. The summed E-state index contributed by atoms with van der Waals surface area (Å²) in [6.45, 7) is 10.2. The molecule has 138 valence electrons. The van der Waals surface area contributed by atoms with E-state index in [1.165, 1.54) is 16.0 Å². The third-order valence-corrected chi connectivity index (χ3v) is 5.22. The topological polar surface area (TPSA) is 49.3 Å². The summed E-state index contributed by atoms with van der Waals surface area (Å²) in [6, 6.07) is 8.73. The molecular weight excluding hydrogens is 443 g/mol. The number of guanidine groups is 1. The standard InChI is InChI=1S/C19H28N4S.HI/c1-13-6-8-17(9-7-13)14(2)12-22-19(20-5)21-11-10-18-15(3)23-16(4)24-18;/h6-9,14H,10-12H2,1-5H3,(H2,20,21,22);1H. The molecule has 0 fully saturated rings. The molecule has 0 bridgehead atoms. The van der Waals surface area contributed by atoms with Crippen LogP contribution in [0, 0.1) is 20.8 Å². The Labute approximate surface area is 172 Å². The van der Waals surface area contributed by atoms with Crippen LogP contribution < -0.4 is 10.6 Å². The second-order valence-electron chi connectivity index (χ2n) is 6.18. The van der Waals surface area contributed by atoms with Gasteiger partial charge in [-0.05, 0) is 32.3 Å². The van der Waals surface area contributed by atoms with Crippen LogP contribution in [0.5, 0.6) is 0 Å². The van der Waals surface area contributed by atoms with Crippen LogP contribution in [0.15, 0.2) is 29.3 Å². The quantitative estimate of drug-likeness (QED) is 0.377. The van der Waals surface area contributed by atoms with Crippen molar-refractivity contribution in [1.82, 2.24) is 15.6 Å². The summed E-state index contributed by atoms with van der Waals surface area (Å²) in [5, 5.41) is 7.94. The number of rotatable bonds is 6. The number of nitrogens with one attached hydrogen (secondary N) is 2. The van der Waals surface area contributed by atoms with Gasteiger partial charge in [0.1, 0.15) is 0 Å². The summed E-state index contributed by atoms with van der Waals surface area (Å²) < 4.78 is 0. The van der Waals surface area contributed by atoms with Crippen molar-refractivity contribution in [1.29, 1.82) is 0 Å². The molecule has 2 N–H and O–H groups in total. The zero-order valence-electron chi connectivity index (χ0n) is 15.7.